The lowest BCUT2D eigenvalue weighted by atomic mass is 9.86. The molecule has 0 amide bonds. The summed E-state index contributed by atoms with van der Waals surface area (Å²) in [7, 11) is 0. The summed E-state index contributed by atoms with van der Waals surface area (Å²) in [6.45, 7) is 5.82. The third kappa shape index (κ3) is 2.58. The van der Waals surface area contributed by atoms with Gasteiger partial charge in [-0.2, -0.15) is 0 Å². The van der Waals surface area contributed by atoms with Crippen molar-refractivity contribution in [3.63, 3.8) is 0 Å². The second-order valence-corrected chi connectivity index (χ2v) is 4.86. The Morgan fingerprint density at radius 1 is 1.38 bits per heavy atom. The SMILES string of the molecule is CC(C)(C)c1ccc(C(=O)Cl)c([N+](=O)[O-])c1. The summed E-state index contributed by atoms with van der Waals surface area (Å²) in [5.41, 5.74) is 0.270. The Labute approximate surface area is 98.4 Å². The molecule has 0 aliphatic heterocycles. The first-order valence-electron chi connectivity index (χ1n) is 4.72. The Bertz CT molecular complexity index is 449. The maximum absolute atomic E-state index is 11.0. The van der Waals surface area contributed by atoms with Crippen molar-refractivity contribution in [2.75, 3.05) is 0 Å². The summed E-state index contributed by atoms with van der Waals surface area (Å²) in [5, 5.41) is 9.99. The maximum atomic E-state index is 11.0. The Morgan fingerprint density at radius 3 is 2.31 bits per heavy atom. The fraction of sp³-hybridized carbons (Fsp3) is 0.364. The third-order valence-electron chi connectivity index (χ3n) is 2.27. The van der Waals surface area contributed by atoms with E-state index in [4.69, 9.17) is 11.6 Å². The monoisotopic (exact) mass is 241 g/mol. The van der Waals surface area contributed by atoms with Gasteiger partial charge in [0, 0.05) is 6.07 Å². The zero-order chi connectivity index (χ0) is 12.5. The van der Waals surface area contributed by atoms with Gasteiger partial charge in [-0.3, -0.25) is 14.9 Å². The lowest BCUT2D eigenvalue weighted by Gasteiger charge is -2.18. The fourth-order valence-corrected chi connectivity index (χ4v) is 1.48. The van der Waals surface area contributed by atoms with Crippen LogP contribution in [0.3, 0.4) is 0 Å². The molecule has 1 aromatic rings. The molecule has 0 heterocycles. The zero-order valence-corrected chi connectivity index (χ0v) is 10.0. The van der Waals surface area contributed by atoms with Crippen LogP contribution in [0.1, 0.15) is 36.7 Å². The smallest absolute Gasteiger partial charge is 0.275 e. The van der Waals surface area contributed by atoms with E-state index in [1.165, 1.54) is 12.1 Å². The van der Waals surface area contributed by atoms with Crippen LogP contribution in [0.15, 0.2) is 18.2 Å². The normalized spacial score (nSPS) is 11.2. The summed E-state index contributed by atoms with van der Waals surface area (Å²) in [4.78, 5) is 21.2. The average Bonchev–Trinajstić information content (AvgIpc) is 2.15. The lowest BCUT2D eigenvalue weighted by molar-refractivity contribution is -0.385. The van der Waals surface area contributed by atoms with E-state index in [1.807, 2.05) is 20.8 Å². The number of nitro benzene ring substituents is 1. The van der Waals surface area contributed by atoms with Gasteiger partial charge in [-0.25, -0.2) is 0 Å². The van der Waals surface area contributed by atoms with E-state index < -0.39 is 10.2 Å². The Hall–Kier alpha value is -1.42. The van der Waals surface area contributed by atoms with Gasteiger partial charge in [-0.05, 0) is 28.6 Å². The van der Waals surface area contributed by atoms with Crippen LogP contribution in [0.25, 0.3) is 0 Å². The topological polar surface area (TPSA) is 60.2 Å². The molecule has 0 N–H and O–H groups in total. The first kappa shape index (κ1) is 12.6. The van der Waals surface area contributed by atoms with Gasteiger partial charge in [0.2, 0.25) is 0 Å². The Morgan fingerprint density at radius 2 is 1.94 bits per heavy atom. The van der Waals surface area contributed by atoms with Crippen molar-refractivity contribution in [2.45, 2.75) is 26.2 Å². The standard InChI is InChI=1S/C11H12ClNO3/c1-11(2,3)7-4-5-8(10(12)14)9(6-7)13(15)16/h4-6H,1-3H3. The van der Waals surface area contributed by atoms with E-state index in [-0.39, 0.29) is 16.7 Å². The summed E-state index contributed by atoms with van der Waals surface area (Å²) in [6.07, 6.45) is 0. The number of hydrogen-bond donors (Lipinski definition) is 0. The maximum Gasteiger partial charge on any atom is 0.281 e. The summed E-state index contributed by atoms with van der Waals surface area (Å²) >= 11 is 5.28. The minimum atomic E-state index is -0.813. The van der Waals surface area contributed by atoms with E-state index >= 15 is 0 Å². The third-order valence-corrected chi connectivity index (χ3v) is 2.48. The number of carbonyl (C=O) groups excluding carboxylic acids is 1. The molecule has 0 saturated heterocycles. The van der Waals surface area contributed by atoms with Crippen LogP contribution in [0.2, 0.25) is 0 Å². The molecule has 4 nitrogen and oxygen atoms in total. The van der Waals surface area contributed by atoms with Crippen LogP contribution < -0.4 is 0 Å². The van der Waals surface area contributed by atoms with Gasteiger partial charge in [-0.15, -0.1) is 0 Å². The second kappa shape index (κ2) is 4.22. The van der Waals surface area contributed by atoms with Crippen molar-refractivity contribution in [1.82, 2.24) is 0 Å². The highest BCUT2D eigenvalue weighted by Gasteiger charge is 2.23. The molecule has 0 aliphatic carbocycles. The molecular weight excluding hydrogens is 230 g/mol. The molecule has 0 atom stereocenters. The molecule has 0 radical (unpaired) electrons. The number of rotatable bonds is 2. The summed E-state index contributed by atoms with van der Waals surface area (Å²) in [5.74, 6) is 0. The van der Waals surface area contributed by atoms with E-state index in [1.54, 1.807) is 6.07 Å². The molecule has 0 aromatic heterocycles. The van der Waals surface area contributed by atoms with E-state index in [0.717, 1.165) is 5.56 Å². The van der Waals surface area contributed by atoms with Crippen LogP contribution in [-0.2, 0) is 5.41 Å². The Kier molecular flexibility index (Phi) is 3.33. The van der Waals surface area contributed by atoms with Gasteiger partial charge in [0.15, 0.2) is 0 Å². The number of carbonyl (C=O) groups is 1. The van der Waals surface area contributed by atoms with Gasteiger partial charge < -0.3 is 0 Å². The molecule has 86 valence electrons. The number of benzene rings is 1. The molecule has 0 aliphatic rings. The number of hydrogen-bond acceptors (Lipinski definition) is 3. The van der Waals surface area contributed by atoms with Gasteiger partial charge in [0.1, 0.15) is 5.56 Å². The van der Waals surface area contributed by atoms with Crippen LogP contribution >= 0.6 is 11.6 Å². The van der Waals surface area contributed by atoms with Gasteiger partial charge >= 0.3 is 0 Å². The second-order valence-electron chi connectivity index (χ2n) is 4.51. The minimum Gasteiger partial charge on any atom is -0.275 e. The highest BCUT2D eigenvalue weighted by atomic mass is 35.5. The van der Waals surface area contributed by atoms with Crippen molar-refractivity contribution in [3.05, 3.63) is 39.4 Å². The van der Waals surface area contributed by atoms with Gasteiger partial charge in [0.25, 0.3) is 10.9 Å². The fourth-order valence-electron chi connectivity index (χ4n) is 1.32. The summed E-state index contributed by atoms with van der Waals surface area (Å²) < 4.78 is 0. The number of nitrogens with zero attached hydrogens (tertiary/aromatic N) is 1. The first-order valence-corrected chi connectivity index (χ1v) is 5.10. The highest BCUT2D eigenvalue weighted by Crippen LogP contribution is 2.29. The van der Waals surface area contributed by atoms with Crippen molar-refractivity contribution in [2.24, 2.45) is 0 Å². The van der Waals surface area contributed by atoms with Crippen molar-refractivity contribution in [1.29, 1.82) is 0 Å². The Balaban J connectivity index is 3.40. The molecule has 16 heavy (non-hydrogen) atoms. The average molecular weight is 242 g/mol. The van der Waals surface area contributed by atoms with Gasteiger partial charge in [0.05, 0.1) is 4.92 Å². The molecular formula is C11H12ClNO3. The number of halogens is 1. The van der Waals surface area contributed by atoms with E-state index in [0.29, 0.717) is 0 Å². The molecule has 5 heteroatoms. The van der Waals surface area contributed by atoms with E-state index in [9.17, 15) is 14.9 Å². The minimum absolute atomic E-state index is 0.0698. The predicted octanol–water partition coefficient (Wildman–Crippen LogP) is 3.27. The molecule has 1 rings (SSSR count). The quantitative estimate of drug-likeness (QED) is 0.454. The van der Waals surface area contributed by atoms with Crippen molar-refractivity contribution in [3.8, 4) is 0 Å². The van der Waals surface area contributed by atoms with Crippen LogP contribution in [0.4, 0.5) is 5.69 Å². The van der Waals surface area contributed by atoms with Crippen molar-refractivity contribution >= 4 is 22.5 Å². The van der Waals surface area contributed by atoms with Crippen LogP contribution in [-0.4, -0.2) is 10.2 Å². The van der Waals surface area contributed by atoms with E-state index in [2.05, 4.69) is 0 Å². The van der Waals surface area contributed by atoms with Gasteiger partial charge in [-0.1, -0.05) is 26.8 Å². The lowest BCUT2D eigenvalue weighted by Crippen LogP contribution is -2.12. The summed E-state index contributed by atoms with van der Waals surface area (Å²) in [6, 6.07) is 4.48. The van der Waals surface area contributed by atoms with Crippen molar-refractivity contribution < 1.29 is 9.72 Å². The molecule has 0 fully saturated rings. The molecule has 0 saturated carbocycles. The number of nitro groups is 1. The molecule has 0 bridgehead atoms. The van der Waals surface area contributed by atoms with Crippen LogP contribution in [0, 0.1) is 10.1 Å². The molecule has 1 aromatic carbocycles. The predicted molar refractivity (Wildman–Crippen MR) is 62.0 cm³/mol. The first-order chi connectivity index (χ1) is 7.23. The largest absolute Gasteiger partial charge is 0.281 e. The zero-order valence-electron chi connectivity index (χ0n) is 9.28. The molecule has 0 unspecified atom stereocenters. The highest BCUT2D eigenvalue weighted by molar-refractivity contribution is 6.68. The van der Waals surface area contributed by atoms with Crippen LogP contribution in [0.5, 0.6) is 0 Å². The molecule has 0 spiro atoms.